The fourth-order valence-electron chi connectivity index (χ4n) is 8.02. The smallest absolute Gasteiger partial charge is 0.431 e. The maximum absolute atomic E-state index is 13.6. The van der Waals surface area contributed by atoms with Gasteiger partial charge in [0, 0.05) is 31.7 Å². The number of carbonyl (C=O) groups excluding carboxylic acids is 5. The molecule has 32 heteroatoms. The Bertz CT molecular complexity index is 3430. The van der Waals surface area contributed by atoms with Gasteiger partial charge < -0.3 is 30.4 Å². The molecule has 2 aliphatic heterocycles. The normalized spacial score (nSPS) is 15.9. The first-order valence-corrected chi connectivity index (χ1v) is 31.3. The number of sulfonamides is 2. The van der Waals surface area contributed by atoms with Crippen molar-refractivity contribution >= 4 is 123 Å². The highest BCUT2D eigenvalue weighted by molar-refractivity contribution is 9.69. The number of hydrogen-bond donors (Lipinski definition) is 4. The van der Waals surface area contributed by atoms with E-state index in [9.17, 15) is 72.3 Å². The van der Waals surface area contributed by atoms with Crippen molar-refractivity contribution in [2.75, 3.05) is 10.0 Å². The zero-order valence-electron chi connectivity index (χ0n) is 45.7. The van der Waals surface area contributed by atoms with Gasteiger partial charge in [0.15, 0.2) is 6.04 Å². The van der Waals surface area contributed by atoms with E-state index in [4.69, 9.17) is 9.47 Å². The molecule has 5 aromatic carbocycles. The molecule has 0 radical (unpaired) electrons. The highest BCUT2D eigenvalue weighted by atomic mass is 79.9. The number of carboxylic acids is 1. The minimum Gasteiger partial charge on any atom is -0.550 e. The van der Waals surface area contributed by atoms with Crippen LogP contribution >= 0.6 is 47.3 Å². The molecule has 86 heavy (non-hydrogen) atoms. The van der Waals surface area contributed by atoms with Gasteiger partial charge in [0.1, 0.15) is 29.7 Å². The van der Waals surface area contributed by atoms with E-state index in [-0.39, 0.29) is 56.6 Å². The fraction of sp³-hybridized carbons (Fsp3) is 0.315. The standard InChI is InChI=1S/C33H35F3N4O7S.C21H21F3N4O5S.BBr3/c1-32(2,3)47-31(43)37-26(18-19-29(41)46-21-22-10-6-4-7-11-22)30(42)39-48(44,45)25-16-14-24(15-17-25)40-27(23-12-8-5-9-13-23)20-28(38-40)33(34,35)36;22-21(23,24)18-12-17(13-4-2-1-3-5-13)28(26-18)14-6-8-15(9-7-14)34(32,33)27-20(31)16(25)10-11-19(29)30;2-1(3)4/h4-17,26-27H,18-21H2,1-3H3,(H,37,43)(H,39,42);1-9,16-17H,10-12,25H2,(H,27,31)(H,29,30);. The number of nitrogens with zero attached hydrogens (tertiary/aromatic N) is 4. The first-order valence-electron chi connectivity index (χ1n) is 25.6. The number of anilines is 2. The Morgan fingerprint density at radius 2 is 1.03 bits per heavy atom. The number of rotatable bonds is 19. The number of hydrogen-bond acceptors (Lipinski definition) is 16. The molecule has 4 unspecified atom stereocenters. The van der Waals surface area contributed by atoms with Gasteiger partial charge in [0.2, 0.25) is 0 Å². The van der Waals surface area contributed by atoms with Gasteiger partial charge in [-0.1, -0.05) is 91.0 Å². The third-order valence-corrected chi connectivity index (χ3v) is 14.8. The maximum atomic E-state index is 13.6. The molecular formula is C54H56BBr3F6N8O12S2. The van der Waals surface area contributed by atoms with Gasteiger partial charge in [-0.3, -0.25) is 24.4 Å². The number of ether oxygens (including phenoxy) is 2. The molecule has 0 saturated carbocycles. The summed E-state index contributed by atoms with van der Waals surface area (Å²) >= 11 is 9.31. The van der Waals surface area contributed by atoms with Crippen LogP contribution in [0.25, 0.3) is 0 Å². The molecule has 5 aromatic rings. The minimum absolute atomic E-state index is 0.0211. The zero-order valence-corrected chi connectivity index (χ0v) is 52.1. The molecule has 6 N–H and O–H groups in total. The molecule has 0 aliphatic carbocycles. The van der Waals surface area contributed by atoms with Crippen LogP contribution in [0.5, 0.6) is 0 Å². The summed E-state index contributed by atoms with van der Waals surface area (Å²) in [5.74, 6) is -4.22. The van der Waals surface area contributed by atoms with Crippen LogP contribution in [0.1, 0.15) is 88.1 Å². The second-order valence-corrected chi connectivity index (χ2v) is 29.5. The van der Waals surface area contributed by atoms with Crippen LogP contribution in [-0.2, 0) is 55.3 Å². The number of esters is 1. The molecule has 0 aromatic heterocycles. The van der Waals surface area contributed by atoms with Crippen LogP contribution in [0.15, 0.2) is 160 Å². The molecule has 0 saturated heterocycles. The summed E-state index contributed by atoms with van der Waals surface area (Å²) < 4.78 is 147. The number of alkyl halides is 6. The van der Waals surface area contributed by atoms with Crippen LogP contribution in [0.3, 0.4) is 0 Å². The Hall–Kier alpha value is -6.87. The average molecular weight is 1440 g/mol. The lowest BCUT2D eigenvalue weighted by Gasteiger charge is -2.24. The third-order valence-electron chi connectivity index (χ3n) is 12.1. The summed E-state index contributed by atoms with van der Waals surface area (Å²) in [7, 11) is -8.86. The molecule has 0 bridgehead atoms. The number of amides is 3. The van der Waals surface area contributed by atoms with Crippen molar-refractivity contribution in [3.05, 3.63) is 156 Å². The van der Waals surface area contributed by atoms with Crippen molar-refractivity contribution < 1.29 is 87.5 Å². The van der Waals surface area contributed by atoms with E-state index in [1.807, 2.05) is 9.44 Å². The van der Waals surface area contributed by atoms with Crippen LogP contribution in [0.4, 0.5) is 42.5 Å². The lowest BCUT2D eigenvalue weighted by molar-refractivity contribution is -0.405. The van der Waals surface area contributed by atoms with Crippen molar-refractivity contribution in [1.29, 1.82) is 0 Å². The Labute approximate surface area is 516 Å². The first-order chi connectivity index (χ1) is 40.1. The van der Waals surface area contributed by atoms with Crippen molar-refractivity contribution in [1.82, 2.24) is 14.8 Å². The second kappa shape index (κ2) is 30.7. The molecule has 4 atom stereocenters. The van der Waals surface area contributed by atoms with E-state index >= 15 is 0 Å². The Balaban J connectivity index is 0.000000311. The number of carboxylic acid groups (broad SMARTS) is 1. The molecule has 462 valence electrons. The van der Waals surface area contributed by atoms with Gasteiger partial charge in [0.25, 0.3) is 31.9 Å². The Morgan fingerprint density at radius 1 is 0.640 bits per heavy atom. The van der Waals surface area contributed by atoms with Crippen molar-refractivity contribution in [2.24, 2.45) is 10.2 Å². The Kier molecular flexibility index (Phi) is 24.9. The fourth-order valence-corrected chi connectivity index (χ4v) is 10.1. The summed E-state index contributed by atoms with van der Waals surface area (Å²) in [6.07, 6.45) is -12.4. The lowest BCUT2D eigenvalue weighted by Crippen LogP contribution is -2.68. The lowest BCUT2D eigenvalue weighted by atomic mass is 10.0. The van der Waals surface area contributed by atoms with E-state index in [1.54, 1.807) is 112 Å². The predicted octanol–water partition coefficient (Wildman–Crippen LogP) is 8.44. The summed E-state index contributed by atoms with van der Waals surface area (Å²) in [4.78, 5) is 59.9. The summed E-state index contributed by atoms with van der Waals surface area (Å²) in [6, 6.07) is 31.2. The van der Waals surface area contributed by atoms with Crippen molar-refractivity contribution in [3.63, 3.8) is 0 Å². The number of alkyl carbamates (subject to hydrolysis) is 1. The number of nitrogens with one attached hydrogen (secondary N) is 3. The van der Waals surface area contributed by atoms with Crippen LogP contribution in [0, 0.1) is 0 Å². The molecule has 20 nitrogen and oxygen atoms in total. The monoisotopic (exact) mass is 1430 g/mol. The number of halogens is 9. The molecule has 3 amide bonds. The number of benzene rings is 5. The molecule has 0 spiro atoms. The molecule has 2 heterocycles. The van der Waals surface area contributed by atoms with Gasteiger partial charge in [-0.05, 0) is 98.8 Å². The molecular weight excluding hydrogens is 1380 g/mol. The number of carbonyl (C=O) groups is 5. The summed E-state index contributed by atoms with van der Waals surface area (Å²) in [5.41, 5.74) is 2.90. The SMILES string of the molecule is BrB(Br)Br.CC(C)(C)OC(=O)NC(CCC(=O)OCc1ccccc1)C(=O)NS(=O)(=O)c1ccc(N2N=C(C(F)(F)F)CC2c2ccccc2)cc1.[NH3+]C(CCC(=O)[O-])C(=O)NS(=O)(=O)c1ccc(N2N=C(C(F)(F)F)CC2c2ccccc2)cc1. The van der Waals surface area contributed by atoms with Gasteiger partial charge in [0.05, 0.1) is 33.2 Å². The topological polar surface area (TPSA) is 290 Å². The highest BCUT2D eigenvalue weighted by Crippen LogP contribution is 2.41. The van der Waals surface area contributed by atoms with E-state index in [2.05, 4.69) is 68.5 Å². The third kappa shape index (κ3) is 21.8. The second-order valence-electron chi connectivity index (χ2n) is 19.7. The van der Waals surface area contributed by atoms with Gasteiger partial charge in [-0.25, -0.2) is 31.1 Å². The van der Waals surface area contributed by atoms with E-state index in [1.165, 1.54) is 34.3 Å². The first kappa shape index (κ1) is 69.9. The van der Waals surface area contributed by atoms with Crippen molar-refractivity contribution in [2.45, 2.75) is 118 Å². The van der Waals surface area contributed by atoms with Crippen molar-refractivity contribution in [3.8, 4) is 0 Å². The molecule has 7 rings (SSSR count). The quantitative estimate of drug-likeness (QED) is 0.0343. The molecule has 0 fully saturated rings. The van der Waals surface area contributed by atoms with E-state index < -0.39 is 116 Å². The van der Waals surface area contributed by atoms with Gasteiger partial charge >= 0.3 is 27.6 Å². The largest absolute Gasteiger partial charge is 0.550 e. The van der Waals surface area contributed by atoms with Gasteiger partial charge in [-0.15, -0.1) is 47.3 Å². The number of aliphatic carboxylic acids is 1. The molecule has 2 aliphatic rings. The Morgan fingerprint density at radius 3 is 1.42 bits per heavy atom. The zero-order chi connectivity index (χ0) is 63.8. The number of quaternary nitrogens is 1. The summed E-state index contributed by atoms with van der Waals surface area (Å²) in [5, 5.41) is 22.7. The summed E-state index contributed by atoms with van der Waals surface area (Å²) in [6.45, 7) is 4.76. The highest BCUT2D eigenvalue weighted by Gasteiger charge is 2.45. The van der Waals surface area contributed by atoms with Crippen LogP contribution in [0.2, 0.25) is 0 Å². The van der Waals surface area contributed by atoms with Crippen LogP contribution < -0.4 is 35.6 Å². The van der Waals surface area contributed by atoms with Gasteiger partial charge in [-0.2, -0.15) is 36.5 Å². The van der Waals surface area contributed by atoms with Crippen LogP contribution in [-0.4, -0.2) is 91.3 Å². The van der Waals surface area contributed by atoms with E-state index in [0.29, 0.717) is 11.1 Å². The predicted molar refractivity (Wildman–Crippen MR) is 315 cm³/mol. The maximum Gasteiger partial charge on any atom is 0.431 e. The minimum atomic E-state index is -4.65. The van der Waals surface area contributed by atoms with E-state index in [0.717, 1.165) is 29.8 Å². The average Bonchev–Trinajstić information content (AvgIpc) is 1.83. The number of hydrazone groups is 2.